The summed E-state index contributed by atoms with van der Waals surface area (Å²) in [6.07, 6.45) is 1.57. The molecule has 10 heteroatoms. The standard InChI is InChI=1S/C22H21ClN4O4S/c23-17-4-2-5-18(14-17)26-32(29,30)20-6-1-3-16(13-20)22(28)25-19-7-8-21(24-15-19)27-9-11-31-12-10-27/h1-8,13-15,26H,9-12H2,(H,25,28). The number of anilines is 3. The molecule has 0 atom stereocenters. The summed E-state index contributed by atoms with van der Waals surface area (Å²) in [5, 5.41) is 3.16. The van der Waals surface area contributed by atoms with Gasteiger partial charge in [0.2, 0.25) is 0 Å². The number of hydrogen-bond acceptors (Lipinski definition) is 6. The third-order valence-electron chi connectivity index (χ3n) is 4.82. The van der Waals surface area contributed by atoms with E-state index in [9.17, 15) is 13.2 Å². The summed E-state index contributed by atoms with van der Waals surface area (Å²) in [6, 6.07) is 15.8. The monoisotopic (exact) mass is 472 g/mol. The van der Waals surface area contributed by atoms with Crippen LogP contribution < -0.4 is 14.9 Å². The molecule has 0 aliphatic carbocycles. The first-order chi connectivity index (χ1) is 15.4. The molecule has 0 bridgehead atoms. The fourth-order valence-corrected chi connectivity index (χ4v) is 4.50. The van der Waals surface area contributed by atoms with Crippen molar-refractivity contribution in [3.05, 3.63) is 77.4 Å². The first kappa shape index (κ1) is 22.1. The number of hydrogen-bond donors (Lipinski definition) is 2. The Kier molecular flexibility index (Phi) is 6.59. The molecule has 1 aliphatic heterocycles. The summed E-state index contributed by atoms with van der Waals surface area (Å²) in [6.45, 7) is 2.85. The average molecular weight is 473 g/mol. The van der Waals surface area contributed by atoms with Crippen LogP contribution in [-0.2, 0) is 14.8 Å². The van der Waals surface area contributed by atoms with Crippen LogP contribution in [0.25, 0.3) is 0 Å². The Hall–Kier alpha value is -3.14. The van der Waals surface area contributed by atoms with Gasteiger partial charge in [-0.1, -0.05) is 23.7 Å². The number of rotatable bonds is 6. The molecule has 0 saturated carbocycles. The van der Waals surface area contributed by atoms with Crippen LogP contribution >= 0.6 is 11.6 Å². The van der Waals surface area contributed by atoms with Crippen molar-refractivity contribution < 1.29 is 17.9 Å². The summed E-state index contributed by atoms with van der Waals surface area (Å²) in [4.78, 5) is 19.2. The van der Waals surface area contributed by atoms with Gasteiger partial charge in [-0.3, -0.25) is 9.52 Å². The van der Waals surface area contributed by atoms with Crippen LogP contribution in [0.1, 0.15) is 10.4 Å². The number of morpholine rings is 1. The van der Waals surface area contributed by atoms with Crippen LogP contribution in [0.5, 0.6) is 0 Å². The molecule has 4 rings (SSSR count). The van der Waals surface area contributed by atoms with Gasteiger partial charge in [-0.05, 0) is 48.5 Å². The highest BCUT2D eigenvalue weighted by Crippen LogP contribution is 2.21. The van der Waals surface area contributed by atoms with Crippen molar-refractivity contribution in [2.45, 2.75) is 4.90 Å². The number of aromatic nitrogens is 1. The molecule has 3 aromatic rings. The zero-order valence-electron chi connectivity index (χ0n) is 17.0. The van der Waals surface area contributed by atoms with Crippen molar-refractivity contribution in [1.29, 1.82) is 0 Å². The van der Waals surface area contributed by atoms with Crippen molar-refractivity contribution in [2.24, 2.45) is 0 Å². The minimum Gasteiger partial charge on any atom is -0.378 e. The summed E-state index contributed by atoms with van der Waals surface area (Å²) in [7, 11) is -3.89. The lowest BCUT2D eigenvalue weighted by Gasteiger charge is -2.27. The normalized spacial score (nSPS) is 14.1. The second-order valence-electron chi connectivity index (χ2n) is 7.10. The third kappa shape index (κ3) is 5.37. The highest BCUT2D eigenvalue weighted by atomic mass is 35.5. The minimum absolute atomic E-state index is 0.0362. The highest BCUT2D eigenvalue weighted by molar-refractivity contribution is 7.92. The van der Waals surface area contributed by atoms with E-state index in [1.165, 1.54) is 24.3 Å². The topological polar surface area (TPSA) is 101 Å². The van der Waals surface area contributed by atoms with Crippen LogP contribution in [0.2, 0.25) is 5.02 Å². The first-order valence-corrected chi connectivity index (χ1v) is 11.8. The number of ether oxygens (including phenoxy) is 1. The fraction of sp³-hybridized carbons (Fsp3) is 0.182. The van der Waals surface area contributed by atoms with Crippen molar-refractivity contribution in [1.82, 2.24) is 4.98 Å². The highest BCUT2D eigenvalue weighted by Gasteiger charge is 2.17. The molecule has 1 aliphatic rings. The first-order valence-electron chi connectivity index (χ1n) is 9.89. The van der Waals surface area contributed by atoms with Crippen molar-refractivity contribution in [3.63, 3.8) is 0 Å². The van der Waals surface area contributed by atoms with Gasteiger partial charge >= 0.3 is 0 Å². The van der Waals surface area contributed by atoms with Gasteiger partial charge in [0.15, 0.2) is 0 Å². The van der Waals surface area contributed by atoms with Crippen LogP contribution in [-0.4, -0.2) is 45.6 Å². The molecule has 1 saturated heterocycles. The minimum atomic E-state index is -3.89. The molecular weight excluding hydrogens is 452 g/mol. The van der Waals surface area contributed by atoms with Crippen molar-refractivity contribution in [2.75, 3.05) is 41.2 Å². The smallest absolute Gasteiger partial charge is 0.261 e. The maximum Gasteiger partial charge on any atom is 0.261 e. The summed E-state index contributed by atoms with van der Waals surface area (Å²) in [5.41, 5.74) is 1.05. The number of nitrogens with one attached hydrogen (secondary N) is 2. The number of carbonyl (C=O) groups is 1. The molecule has 2 heterocycles. The van der Waals surface area contributed by atoms with Gasteiger partial charge in [0, 0.05) is 23.7 Å². The Morgan fingerprint density at radius 2 is 1.78 bits per heavy atom. The lowest BCUT2D eigenvalue weighted by molar-refractivity contribution is 0.102. The van der Waals surface area contributed by atoms with Gasteiger partial charge < -0.3 is 15.0 Å². The Balaban J connectivity index is 1.46. The Labute approximate surface area is 191 Å². The van der Waals surface area contributed by atoms with Gasteiger partial charge in [0.25, 0.3) is 15.9 Å². The van der Waals surface area contributed by atoms with Crippen molar-refractivity contribution in [3.8, 4) is 0 Å². The molecular formula is C22H21ClN4O4S. The molecule has 0 unspecified atom stereocenters. The predicted octanol–water partition coefficient (Wildman–Crippen LogP) is 3.62. The van der Waals surface area contributed by atoms with Crippen LogP contribution in [0.15, 0.2) is 71.8 Å². The SMILES string of the molecule is O=C(Nc1ccc(N2CCOCC2)nc1)c1cccc(S(=O)(=O)Nc2cccc(Cl)c2)c1. The van der Waals surface area contributed by atoms with Gasteiger partial charge in [-0.15, -0.1) is 0 Å². The van der Waals surface area contributed by atoms with Crippen molar-refractivity contribution >= 4 is 44.7 Å². The van der Waals surface area contributed by atoms with Crippen LogP contribution in [0.4, 0.5) is 17.2 Å². The van der Waals surface area contributed by atoms with E-state index in [1.54, 1.807) is 36.5 Å². The number of carbonyl (C=O) groups excluding carboxylic acids is 1. The molecule has 0 spiro atoms. The molecule has 2 aromatic carbocycles. The van der Waals surface area contributed by atoms with E-state index in [0.717, 1.165) is 18.9 Å². The number of pyridine rings is 1. The molecule has 0 radical (unpaired) electrons. The summed E-state index contributed by atoms with van der Waals surface area (Å²) in [5.74, 6) is 0.372. The van der Waals surface area contributed by atoms with Gasteiger partial charge in [-0.2, -0.15) is 0 Å². The van der Waals surface area contributed by atoms with Gasteiger partial charge in [0.05, 0.1) is 35.7 Å². The number of sulfonamides is 1. The maximum absolute atomic E-state index is 12.7. The Bertz CT molecular complexity index is 1210. The van der Waals surface area contributed by atoms with Gasteiger partial charge in [-0.25, -0.2) is 13.4 Å². The second-order valence-corrected chi connectivity index (χ2v) is 9.22. The molecule has 166 valence electrons. The lowest BCUT2D eigenvalue weighted by atomic mass is 10.2. The van der Waals surface area contributed by atoms with E-state index in [1.807, 2.05) is 6.07 Å². The second kappa shape index (κ2) is 9.56. The summed E-state index contributed by atoms with van der Waals surface area (Å²) < 4.78 is 33.2. The number of nitrogens with zero attached hydrogens (tertiary/aromatic N) is 2. The van der Waals surface area contributed by atoms with Crippen LogP contribution in [0, 0.1) is 0 Å². The van der Waals surface area contributed by atoms with E-state index in [4.69, 9.17) is 16.3 Å². The molecule has 1 aromatic heterocycles. The Morgan fingerprint density at radius 3 is 2.50 bits per heavy atom. The number of halogens is 1. The molecule has 32 heavy (non-hydrogen) atoms. The fourth-order valence-electron chi connectivity index (χ4n) is 3.21. The number of amides is 1. The van der Waals surface area contributed by atoms with E-state index < -0.39 is 15.9 Å². The van der Waals surface area contributed by atoms with Crippen LogP contribution in [0.3, 0.4) is 0 Å². The largest absolute Gasteiger partial charge is 0.378 e. The van der Waals surface area contributed by atoms with E-state index in [0.29, 0.717) is 29.6 Å². The maximum atomic E-state index is 12.7. The van der Waals surface area contributed by atoms with E-state index in [2.05, 4.69) is 19.9 Å². The molecule has 8 nitrogen and oxygen atoms in total. The zero-order valence-corrected chi connectivity index (χ0v) is 18.6. The average Bonchev–Trinajstić information content (AvgIpc) is 2.80. The summed E-state index contributed by atoms with van der Waals surface area (Å²) >= 11 is 5.92. The van der Waals surface area contributed by atoms with E-state index in [-0.39, 0.29) is 10.5 Å². The third-order valence-corrected chi connectivity index (χ3v) is 6.44. The zero-order chi connectivity index (χ0) is 22.6. The quantitative estimate of drug-likeness (QED) is 0.568. The van der Waals surface area contributed by atoms with E-state index >= 15 is 0 Å². The predicted molar refractivity (Wildman–Crippen MR) is 124 cm³/mol. The number of benzene rings is 2. The lowest BCUT2D eigenvalue weighted by Crippen LogP contribution is -2.36. The molecule has 1 amide bonds. The Morgan fingerprint density at radius 1 is 1.00 bits per heavy atom. The molecule has 2 N–H and O–H groups in total. The molecule has 1 fully saturated rings. The van der Waals surface area contributed by atoms with Gasteiger partial charge in [0.1, 0.15) is 5.82 Å².